The van der Waals surface area contributed by atoms with Crippen LogP contribution in [0.15, 0.2) is 36.5 Å². The average Bonchev–Trinajstić information content (AvgIpc) is 2.57. The molecule has 2 aromatic rings. The SMILES string of the molecule is CC(C)(C)NC(=O)c1cccnc1CC(O)C(N)Cc1cc(F)ccc1F. The van der Waals surface area contributed by atoms with Crippen molar-refractivity contribution in [2.24, 2.45) is 5.73 Å². The van der Waals surface area contributed by atoms with Crippen LogP contribution in [0, 0.1) is 11.6 Å². The van der Waals surface area contributed by atoms with Gasteiger partial charge >= 0.3 is 0 Å². The summed E-state index contributed by atoms with van der Waals surface area (Å²) >= 11 is 0. The van der Waals surface area contributed by atoms with E-state index < -0.39 is 29.3 Å². The summed E-state index contributed by atoms with van der Waals surface area (Å²) < 4.78 is 27.1. The third-order valence-corrected chi connectivity index (χ3v) is 3.98. The Labute approximate surface area is 157 Å². The second kappa shape index (κ2) is 8.54. The van der Waals surface area contributed by atoms with E-state index in [0.29, 0.717) is 11.3 Å². The minimum Gasteiger partial charge on any atom is -0.391 e. The normalized spacial score (nSPS) is 13.9. The van der Waals surface area contributed by atoms with E-state index in [1.165, 1.54) is 6.20 Å². The summed E-state index contributed by atoms with van der Waals surface area (Å²) in [6, 6.07) is 5.52. The van der Waals surface area contributed by atoms with Gasteiger partial charge in [0.2, 0.25) is 0 Å². The van der Waals surface area contributed by atoms with Crippen molar-refractivity contribution in [3.8, 4) is 0 Å². The van der Waals surface area contributed by atoms with Crippen LogP contribution >= 0.6 is 0 Å². The highest BCUT2D eigenvalue weighted by atomic mass is 19.1. The molecule has 2 unspecified atom stereocenters. The zero-order chi connectivity index (χ0) is 20.2. The van der Waals surface area contributed by atoms with E-state index in [1.807, 2.05) is 20.8 Å². The maximum Gasteiger partial charge on any atom is 0.253 e. The summed E-state index contributed by atoms with van der Waals surface area (Å²) in [5.41, 5.74) is 6.38. The Kier molecular flexibility index (Phi) is 6.62. The molecule has 2 atom stereocenters. The van der Waals surface area contributed by atoms with Crippen molar-refractivity contribution in [1.29, 1.82) is 0 Å². The van der Waals surface area contributed by atoms with Crippen molar-refractivity contribution in [2.45, 2.75) is 51.3 Å². The van der Waals surface area contributed by atoms with Gasteiger partial charge in [0.1, 0.15) is 11.6 Å². The summed E-state index contributed by atoms with van der Waals surface area (Å²) in [4.78, 5) is 16.6. The third-order valence-electron chi connectivity index (χ3n) is 3.98. The van der Waals surface area contributed by atoms with E-state index in [4.69, 9.17) is 5.73 Å². The van der Waals surface area contributed by atoms with Gasteiger partial charge < -0.3 is 16.2 Å². The highest BCUT2D eigenvalue weighted by molar-refractivity contribution is 5.95. The molecule has 7 heteroatoms. The number of benzene rings is 1. The van der Waals surface area contributed by atoms with Crippen molar-refractivity contribution in [3.05, 3.63) is 65.0 Å². The number of nitrogens with zero attached hydrogens (tertiary/aromatic N) is 1. The fourth-order valence-electron chi connectivity index (χ4n) is 2.65. The van der Waals surface area contributed by atoms with E-state index in [-0.39, 0.29) is 24.3 Å². The van der Waals surface area contributed by atoms with Crippen LogP contribution in [0.2, 0.25) is 0 Å². The first-order valence-electron chi connectivity index (χ1n) is 8.71. The maximum atomic E-state index is 13.8. The van der Waals surface area contributed by atoms with E-state index in [0.717, 1.165) is 18.2 Å². The topological polar surface area (TPSA) is 88.2 Å². The Balaban J connectivity index is 2.12. The molecule has 0 bridgehead atoms. The summed E-state index contributed by atoms with van der Waals surface area (Å²) in [5, 5.41) is 13.3. The highest BCUT2D eigenvalue weighted by Crippen LogP contribution is 2.16. The Bertz CT molecular complexity index is 806. The molecular weight excluding hydrogens is 352 g/mol. The summed E-state index contributed by atoms with van der Waals surface area (Å²) in [7, 11) is 0. The predicted octanol–water partition coefficient (Wildman–Crippen LogP) is 2.36. The Morgan fingerprint density at radius 2 is 1.96 bits per heavy atom. The minimum atomic E-state index is -1.08. The van der Waals surface area contributed by atoms with Crippen molar-refractivity contribution < 1.29 is 18.7 Å². The first-order chi connectivity index (χ1) is 12.6. The van der Waals surface area contributed by atoms with Gasteiger partial charge in [-0.3, -0.25) is 9.78 Å². The number of hydrogen-bond acceptors (Lipinski definition) is 4. The predicted molar refractivity (Wildman–Crippen MR) is 99.2 cm³/mol. The van der Waals surface area contributed by atoms with Crippen LogP contribution in [0.4, 0.5) is 8.78 Å². The van der Waals surface area contributed by atoms with Crippen LogP contribution in [0.1, 0.15) is 42.4 Å². The number of halogens is 2. The van der Waals surface area contributed by atoms with Crippen LogP contribution in [0.3, 0.4) is 0 Å². The summed E-state index contributed by atoms with van der Waals surface area (Å²) in [6.45, 7) is 5.58. The quantitative estimate of drug-likeness (QED) is 0.721. The Morgan fingerprint density at radius 1 is 1.26 bits per heavy atom. The van der Waals surface area contributed by atoms with Crippen LogP contribution in [0.25, 0.3) is 0 Å². The number of carbonyl (C=O) groups excluding carboxylic acids is 1. The first kappa shape index (κ1) is 20.9. The molecule has 146 valence electrons. The van der Waals surface area contributed by atoms with Gasteiger partial charge in [-0.2, -0.15) is 0 Å². The number of carbonyl (C=O) groups is 1. The van der Waals surface area contributed by atoms with Gasteiger partial charge in [0.25, 0.3) is 5.91 Å². The van der Waals surface area contributed by atoms with Gasteiger partial charge in [0.05, 0.1) is 17.4 Å². The molecule has 1 aromatic carbocycles. The minimum absolute atomic E-state index is 0.0197. The lowest BCUT2D eigenvalue weighted by molar-refractivity contribution is 0.0916. The maximum absolute atomic E-state index is 13.8. The fraction of sp³-hybridized carbons (Fsp3) is 0.400. The van der Waals surface area contributed by atoms with E-state index in [2.05, 4.69) is 10.3 Å². The largest absolute Gasteiger partial charge is 0.391 e. The molecule has 0 aliphatic carbocycles. The van der Waals surface area contributed by atoms with E-state index >= 15 is 0 Å². The fourth-order valence-corrected chi connectivity index (χ4v) is 2.65. The lowest BCUT2D eigenvalue weighted by Crippen LogP contribution is -2.42. The van der Waals surface area contributed by atoms with Gasteiger partial charge in [-0.25, -0.2) is 8.78 Å². The van der Waals surface area contributed by atoms with Crippen molar-refractivity contribution in [2.75, 3.05) is 0 Å². The number of aliphatic hydroxyl groups excluding tert-OH is 1. The number of nitrogens with two attached hydrogens (primary N) is 1. The molecule has 0 aliphatic heterocycles. The molecule has 0 aliphatic rings. The van der Waals surface area contributed by atoms with Gasteiger partial charge in [-0.15, -0.1) is 0 Å². The lowest BCUT2D eigenvalue weighted by atomic mass is 9.96. The molecular formula is C20H25F2N3O2. The molecule has 0 saturated heterocycles. The summed E-state index contributed by atoms with van der Waals surface area (Å²) in [5.74, 6) is -1.45. The molecule has 0 radical (unpaired) electrons. The molecule has 0 saturated carbocycles. The Hall–Kier alpha value is -2.38. The monoisotopic (exact) mass is 377 g/mol. The highest BCUT2D eigenvalue weighted by Gasteiger charge is 2.23. The van der Waals surface area contributed by atoms with E-state index in [1.54, 1.807) is 12.1 Å². The second-order valence-electron chi connectivity index (χ2n) is 7.58. The number of aromatic nitrogens is 1. The molecule has 0 fully saturated rings. The smallest absolute Gasteiger partial charge is 0.253 e. The molecule has 1 amide bonds. The number of rotatable bonds is 6. The molecule has 5 nitrogen and oxygen atoms in total. The molecule has 2 rings (SSSR count). The van der Waals surface area contributed by atoms with Crippen molar-refractivity contribution in [1.82, 2.24) is 10.3 Å². The van der Waals surface area contributed by atoms with Crippen LogP contribution in [-0.4, -0.2) is 33.7 Å². The number of nitrogens with one attached hydrogen (secondary N) is 1. The van der Waals surface area contributed by atoms with Crippen LogP contribution in [-0.2, 0) is 12.8 Å². The van der Waals surface area contributed by atoms with Crippen LogP contribution < -0.4 is 11.1 Å². The van der Waals surface area contributed by atoms with Crippen molar-refractivity contribution in [3.63, 3.8) is 0 Å². The van der Waals surface area contributed by atoms with Gasteiger partial charge in [0.15, 0.2) is 0 Å². The third kappa shape index (κ3) is 6.08. The zero-order valence-corrected chi connectivity index (χ0v) is 15.7. The number of amides is 1. The second-order valence-corrected chi connectivity index (χ2v) is 7.58. The van der Waals surface area contributed by atoms with Gasteiger partial charge in [-0.05, 0) is 63.1 Å². The van der Waals surface area contributed by atoms with E-state index in [9.17, 15) is 18.7 Å². The standard InChI is InChI=1S/C20H25F2N3O2/c1-20(2,3)25-19(27)14-5-4-8-24-17(14)11-18(26)16(23)10-12-9-13(21)6-7-15(12)22/h4-9,16,18,26H,10-11,23H2,1-3H3,(H,25,27). The number of hydrogen-bond donors (Lipinski definition) is 3. The number of aliphatic hydroxyl groups is 1. The first-order valence-corrected chi connectivity index (χ1v) is 8.71. The van der Waals surface area contributed by atoms with Gasteiger partial charge in [0, 0.05) is 24.2 Å². The molecule has 0 spiro atoms. The molecule has 1 heterocycles. The zero-order valence-electron chi connectivity index (χ0n) is 15.7. The molecule has 1 aromatic heterocycles. The average molecular weight is 377 g/mol. The number of pyridine rings is 1. The molecule has 27 heavy (non-hydrogen) atoms. The van der Waals surface area contributed by atoms with Crippen LogP contribution in [0.5, 0.6) is 0 Å². The lowest BCUT2D eigenvalue weighted by Gasteiger charge is -2.23. The van der Waals surface area contributed by atoms with Gasteiger partial charge in [-0.1, -0.05) is 0 Å². The Morgan fingerprint density at radius 3 is 2.63 bits per heavy atom. The summed E-state index contributed by atoms with van der Waals surface area (Å²) in [6.07, 6.45) is 0.421. The van der Waals surface area contributed by atoms with Crippen molar-refractivity contribution >= 4 is 5.91 Å². The molecule has 4 N–H and O–H groups in total.